The first-order chi connectivity index (χ1) is 15.4. The Hall–Kier alpha value is -0.980. The first kappa shape index (κ1) is 25.6. The fourth-order valence-corrected chi connectivity index (χ4v) is 5.72. The standard InChI is InChI=1S/C26H45N3O2S/c1-21(2)11-9-7-5-6-8-10-14-28-15-12-26(13-16-28)20-29(17-18-31-26)25(30)23-19-32-24(27-23)22(3)4/h19,21-22H,5-18,20H2,1-4H3. The molecule has 0 unspecified atom stereocenters. The van der Waals surface area contributed by atoms with Gasteiger partial charge < -0.3 is 14.5 Å². The van der Waals surface area contributed by atoms with Gasteiger partial charge in [0.1, 0.15) is 5.69 Å². The molecule has 0 bridgehead atoms. The molecule has 2 aliphatic heterocycles. The third kappa shape index (κ3) is 7.53. The Labute approximate surface area is 199 Å². The molecule has 182 valence electrons. The monoisotopic (exact) mass is 463 g/mol. The Morgan fingerprint density at radius 1 is 1.06 bits per heavy atom. The Morgan fingerprint density at radius 2 is 1.75 bits per heavy atom. The summed E-state index contributed by atoms with van der Waals surface area (Å²) < 4.78 is 6.27. The summed E-state index contributed by atoms with van der Waals surface area (Å²) in [5.74, 6) is 1.29. The molecule has 2 fully saturated rings. The minimum absolute atomic E-state index is 0.0756. The fraction of sp³-hybridized carbons (Fsp3) is 0.846. The number of thiazole rings is 1. The number of ether oxygens (including phenoxy) is 1. The molecule has 0 N–H and O–H groups in total. The highest BCUT2D eigenvalue weighted by Gasteiger charge is 2.41. The average molecular weight is 464 g/mol. The molecule has 6 heteroatoms. The van der Waals surface area contributed by atoms with E-state index < -0.39 is 0 Å². The van der Waals surface area contributed by atoms with Gasteiger partial charge in [0.25, 0.3) is 5.91 Å². The number of amides is 1. The molecule has 5 nitrogen and oxygen atoms in total. The van der Waals surface area contributed by atoms with Crippen molar-refractivity contribution in [2.24, 2.45) is 5.92 Å². The zero-order valence-corrected chi connectivity index (χ0v) is 21.7. The van der Waals surface area contributed by atoms with Crippen LogP contribution >= 0.6 is 11.3 Å². The van der Waals surface area contributed by atoms with Crippen molar-refractivity contribution < 1.29 is 9.53 Å². The minimum atomic E-state index is -0.155. The molecule has 3 heterocycles. The first-order valence-electron chi connectivity index (χ1n) is 13.0. The van der Waals surface area contributed by atoms with Crippen LogP contribution in [-0.4, -0.2) is 65.6 Å². The number of unbranched alkanes of at least 4 members (excludes halogenated alkanes) is 5. The van der Waals surface area contributed by atoms with Crippen LogP contribution in [0.5, 0.6) is 0 Å². The lowest BCUT2D eigenvalue weighted by atomic mass is 9.89. The topological polar surface area (TPSA) is 45.7 Å². The molecular weight excluding hydrogens is 418 g/mol. The Balaban J connectivity index is 1.35. The number of hydrogen-bond donors (Lipinski definition) is 0. The second-order valence-electron chi connectivity index (χ2n) is 10.6. The molecule has 2 saturated heterocycles. The van der Waals surface area contributed by atoms with Gasteiger partial charge >= 0.3 is 0 Å². The van der Waals surface area contributed by atoms with Gasteiger partial charge in [0.05, 0.1) is 23.8 Å². The predicted octanol–water partition coefficient (Wildman–Crippen LogP) is 5.96. The molecule has 1 aromatic heterocycles. The zero-order chi connectivity index (χ0) is 23.0. The molecule has 0 aromatic carbocycles. The lowest BCUT2D eigenvalue weighted by Crippen LogP contribution is -2.58. The molecular formula is C26H45N3O2S. The van der Waals surface area contributed by atoms with E-state index in [9.17, 15) is 4.79 Å². The summed E-state index contributed by atoms with van der Waals surface area (Å²) >= 11 is 1.60. The molecule has 2 aliphatic rings. The van der Waals surface area contributed by atoms with E-state index in [0.717, 1.165) is 36.9 Å². The molecule has 1 spiro atoms. The maximum Gasteiger partial charge on any atom is 0.273 e. The van der Waals surface area contributed by atoms with Gasteiger partial charge in [-0.05, 0) is 31.7 Å². The largest absolute Gasteiger partial charge is 0.371 e. The van der Waals surface area contributed by atoms with Crippen LogP contribution in [-0.2, 0) is 4.74 Å². The van der Waals surface area contributed by atoms with Gasteiger partial charge in [-0.3, -0.25) is 4.79 Å². The van der Waals surface area contributed by atoms with Gasteiger partial charge in [-0.1, -0.05) is 66.2 Å². The van der Waals surface area contributed by atoms with E-state index in [1.165, 1.54) is 51.5 Å². The number of morpholine rings is 1. The Morgan fingerprint density at radius 3 is 2.41 bits per heavy atom. The normalized spacial score (nSPS) is 19.4. The summed E-state index contributed by atoms with van der Waals surface area (Å²) in [5, 5.41) is 2.97. The molecule has 0 atom stereocenters. The van der Waals surface area contributed by atoms with Gasteiger partial charge in [0, 0.05) is 30.9 Å². The van der Waals surface area contributed by atoms with Crippen LogP contribution in [0.2, 0.25) is 0 Å². The SMILES string of the molecule is CC(C)CCCCCCCCN1CCC2(CC1)CN(C(=O)c1csc(C(C)C)n1)CCO2. The quantitative estimate of drug-likeness (QED) is 0.380. The number of carbonyl (C=O) groups is 1. The molecule has 0 aliphatic carbocycles. The molecule has 1 amide bonds. The van der Waals surface area contributed by atoms with Gasteiger partial charge in [0.15, 0.2) is 0 Å². The smallest absolute Gasteiger partial charge is 0.273 e. The van der Waals surface area contributed by atoms with E-state index in [-0.39, 0.29) is 11.5 Å². The van der Waals surface area contributed by atoms with Crippen molar-refractivity contribution >= 4 is 17.2 Å². The fourth-order valence-electron chi connectivity index (χ4n) is 4.91. The highest BCUT2D eigenvalue weighted by molar-refractivity contribution is 7.09. The second kappa shape index (κ2) is 12.5. The van der Waals surface area contributed by atoms with Crippen molar-refractivity contribution in [1.82, 2.24) is 14.8 Å². The van der Waals surface area contributed by atoms with E-state index >= 15 is 0 Å². The lowest BCUT2D eigenvalue weighted by Gasteiger charge is -2.47. The van der Waals surface area contributed by atoms with Gasteiger partial charge in [0.2, 0.25) is 0 Å². The Kier molecular flexibility index (Phi) is 9.99. The maximum absolute atomic E-state index is 13.0. The molecule has 3 rings (SSSR count). The van der Waals surface area contributed by atoms with E-state index in [0.29, 0.717) is 31.3 Å². The zero-order valence-electron chi connectivity index (χ0n) is 20.9. The summed E-state index contributed by atoms with van der Waals surface area (Å²) in [6.07, 6.45) is 11.7. The summed E-state index contributed by atoms with van der Waals surface area (Å²) in [5.41, 5.74) is 0.454. The number of aromatic nitrogens is 1. The Bertz CT molecular complexity index is 695. The number of carbonyl (C=O) groups excluding carboxylic acids is 1. The van der Waals surface area contributed by atoms with Gasteiger partial charge in [-0.25, -0.2) is 4.98 Å². The number of likely N-dealkylation sites (tertiary alicyclic amines) is 1. The maximum atomic E-state index is 13.0. The summed E-state index contributed by atoms with van der Waals surface area (Å²) in [6, 6.07) is 0. The van der Waals surface area contributed by atoms with Crippen LogP contribution in [0, 0.1) is 5.92 Å². The van der Waals surface area contributed by atoms with E-state index in [1.54, 1.807) is 11.3 Å². The second-order valence-corrected chi connectivity index (χ2v) is 11.5. The van der Waals surface area contributed by atoms with Crippen LogP contribution in [0.15, 0.2) is 5.38 Å². The number of nitrogens with zero attached hydrogens (tertiary/aromatic N) is 3. The number of rotatable bonds is 11. The molecule has 1 aromatic rings. The molecule has 32 heavy (non-hydrogen) atoms. The van der Waals surface area contributed by atoms with Crippen molar-refractivity contribution in [3.63, 3.8) is 0 Å². The van der Waals surface area contributed by atoms with Crippen molar-refractivity contribution in [2.45, 2.75) is 97.0 Å². The summed E-state index contributed by atoms with van der Waals surface area (Å²) in [4.78, 5) is 22.2. The van der Waals surface area contributed by atoms with Crippen molar-refractivity contribution in [3.8, 4) is 0 Å². The minimum Gasteiger partial charge on any atom is -0.371 e. The van der Waals surface area contributed by atoms with Crippen LogP contribution in [0.4, 0.5) is 0 Å². The van der Waals surface area contributed by atoms with E-state index in [1.807, 2.05) is 10.3 Å². The number of hydrogen-bond acceptors (Lipinski definition) is 5. The van der Waals surface area contributed by atoms with E-state index in [2.05, 4.69) is 37.6 Å². The van der Waals surface area contributed by atoms with Crippen LogP contribution in [0.3, 0.4) is 0 Å². The highest BCUT2D eigenvalue weighted by atomic mass is 32.1. The lowest BCUT2D eigenvalue weighted by molar-refractivity contribution is -0.127. The van der Waals surface area contributed by atoms with Crippen molar-refractivity contribution in [3.05, 3.63) is 16.1 Å². The van der Waals surface area contributed by atoms with Crippen LogP contribution < -0.4 is 0 Å². The average Bonchev–Trinajstić information content (AvgIpc) is 3.27. The molecule has 0 radical (unpaired) electrons. The van der Waals surface area contributed by atoms with Gasteiger partial charge in [-0.15, -0.1) is 11.3 Å². The van der Waals surface area contributed by atoms with Crippen molar-refractivity contribution in [2.75, 3.05) is 39.3 Å². The summed E-state index contributed by atoms with van der Waals surface area (Å²) in [7, 11) is 0. The predicted molar refractivity (Wildman–Crippen MR) is 134 cm³/mol. The molecule has 0 saturated carbocycles. The van der Waals surface area contributed by atoms with Crippen LogP contribution in [0.1, 0.15) is 107 Å². The van der Waals surface area contributed by atoms with E-state index in [4.69, 9.17) is 4.74 Å². The van der Waals surface area contributed by atoms with Crippen LogP contribution in [0.25, 0.3) is 0 Å². The number of piperidine rings is 1. The van der Waals surface area contributed by atoms with Gasteiger partial charge in [-0.2, -0.15) is 0 Å². The van der Waals surface area contributed by atoms with Crippen molar-refractivity contribution in [1.29, 1.82) is 0 Å². The first-order valence-corrected chi connectivity index (χ1v) is 13.9. The highest BCUT2D eigenvalue weighted by Crippen LogP contribution is 2.31. The third-order valence-corrected chi connectivity index (χ3v) is 8.19. The summed E-state index contributed by atoms with van der Waals surface area (Å²) in [6.45, 7) is 14.3. The third-order valence-electron chi connectivity index (χ3n) is 7.04.